The van der Waals surface area contributed by atoms with E-state index in [-0.39, 0.29) is 5.75 Å². The highest BCUT2D eigenvalue weighted by Crippen LogP contribution is 2.30. The Morgan fingerprint density at radius 3 is 2.12 bits per heavy atom. The lowest BCUT2D eigenvalue weighted by atomic mass is 10.1. The van der Waals surface area contributed by atoms with Crippen molar-refractivity contribution in [2.75, 3.05) is 11.9 Å². The van der Waals surface area contributed by atoms with Gasteiger partial charge in [-0.25, -0.2) is 17.6 Å². The van der Waals surface area contributed by atoms with Crippen LogP contribution in [0.1, 0.15) is 13.3 Å². The molecule has 0 unspecified atom stereocenters. The van der Waals surface area contributed by atoms with E-state index in [1.165, 1.54) is 24.3 Å². The lowest BCUT2D eigenvalue weighted by molar-refractivity contribution is -0.0924. The van der Waals surface area contributed by atoms with Crippen LogP contribution in [0.15, 0.2) is 24.3 Å². The van der Waals surface area contributed by atoms with Crippen molar-refractivity contribution < 1.29 is 22.7 Å². The lowest BCUT2D eigenvalue weighted by Gasteiger charge is -2.21. The summed E-state index contributed by atoms with van der Waals surface area (Å²) in [4.78, 5) is 0. The molecule has 0 heterocycles. The zero-order chi connectivity index (χ0) is 13.1. The average molecular weight is 251 g/mol. The second kappa shape index (κ2) is 4.81. The quantitative estimate of drug-likeness (QED) is 0.620. The van der Waals surface area contributed by atoms with Gasteiger partial charge in [0.05, 0.1) is 13.0 Å². The van der Waals surface area contributed by atoms with E-state index in [1.54, 1.807) is 0 Å². The van der Waals surface area contributed by atoms with Gasteiger partial charge in [-0.1, -0.05) is 0 Å². The van der Waals surface area contributed by atoms with Crippen molar-refractivity contribution in [3.05, 3.63) is 24.3 Å². The van der Waals surface area contributed by atoms with Gasteiger partial charge in [-0.2, -0.15) is 0 Å². The van der Waals surface area contributed by atoms with Crippen molar-refractivity contribution in [2.45, 2.75) is 25.2 Å². The molecule has 0 fully saturated rings. The first-order chi connectivity index (χ1) is 7.68. The molecular weight excluding hydrogens is 238 g/mol. The van der Waals surface area contributed by atoms with E-state index in [2.05, 4.69) is 5.32 Å². The zero-order valence-electron chi connectivity index (χ0n) is 9.18. The van der Waals surface area contributed by atoms with E-state index in [4.69, 9.17) is 5.11 Å². The Labute approximate surface area is 96.3 Å². The Morgan fingerprint density at radius 1 is 1.12 bits per heavy atom. The molecule has 0 saturated carbocycles. The third-order valence-corrected chi connectivity index (χ3v) is 1.99. The van der Waals surface area contributed by atoms with Crippen LogP contribution in [0.4, 0.5) is 23.2 Å². The minimum Gasteiger partial charge on any atom is -0.508 e. The van der Waals surface area contributed by atoms with Gasteiger partial charge in [0.15, 0.2) is 0 Å². The van der Waals surface area contributed by atoms with Gasteiger partial charge in [0.25, 0.3) is 11.8 Å². The average Bonchev–Trinajstić information content (AvgIpc) is 2.13. The fraction of sp³-hybridized carbons (Fsp3) is 0.455. The van der Waals surface area contributed by atoms with Crippen LogP contribution >= 0.6 is 0 Å². The summed E-state index contributed by atoms with van der Waals surface area (Å²) in [5, 5.41) is 11.3. The Hall–Kier alpha value is -1.46. The standard InChI is InChI=1S/C11H13F4NO/c1-10(12,13)6-11(14,15)7-16-8-2-4-9(17)5-3-8/h2-5,16-17H,6-7H2,1H3. The van der Waals surface area contributed by atoms with Gasteiger partial charge in [0.1, 0.15) is 5.75 Å². The molecule has 0 aliphatic carbocycles. The van der Waals surface area contributed by atoms with Gasteiger partial charge in [0.2, 0.25) is 0 Å². The molecule has 0 spiro atoms. The van der Waals surface area contributed by atoms with Crippen LogP contribution in [-0.2, 0) is 0 Å². The molecule has 1 rings (SSSR count). The van der Waals surface area contributed by atoms with Crippen LogP contribution in [0.5, 0.6) is 5.75 Å². The minimum absolute atomic E-state index is 0.00222. The van der Waals surface area contributed by atoms with Gasteiger partial charge >= 0.3 is 0 Å². The van der Waals surface area contributed by atoms with Crippen molar-refractivity contribution in [1.29, 1.82) is 0 Å². The normalized spacial score (nSPS) is 12.5. The van der Waals surface area contributed by atoms with Gasteiger partial charge in [0, 0.05) is 5.69 Å². The third-order valence-electron chi connectivity index (χ3n) is 1.99. The number of rotatable bonds is 5. The van der Waals surface area contributed by atoms with E-state index in [9.17, 15) is 17.6 Å². The monoisotopic (exact) mass is 251 g/mol. The Kier molecular flexibility index (Phi) is 3.85. The maximum Gasteiger partial charge on any atom is 0.270 e. The van der Waals surface area contributed by atoms with Crippen LogP contribution in [0.2, 0.25) is 0 Å². The van der Waals surface area contributed by atoms with Crippen LogP contribution in [-0.4, -0.2) is 23.5 Å². The maximum absolute atomic E-state index is 13.1. The maximum atomic E-state index is 13.1. The summed E-state index contributed by atoms with van der Waals surface area (Å²) in [6.07, 6.45) is -1.49. The van der Waals surface area contributed by atoms with Gasteiger partial charge < -0.3 is 10.4 Å². The number of aromatic hydroxyl groups is 1. The molecule has 2 nitrogen and oxygen atoms in total. The van der Waals surface area contributed by atoms with E-state index < -0.39 is 24.8 Å². The molecule has 0 aliphatic rings. The predicted octanol–water partition coefficient (Wildman–Crippen LogP) is 3.48. The number of anilines is 1. The van der Waals surface area contributed by atoms with Crippen LogP contribution < -0.4 is 5.32 Å². The predicted molar refractivity (Wildman–Crippen MR) is 56.8 cm³/mol. The number of alkyl halides is 4. The number of nitrogens with one attached hydrogen (secondary N) is 1. The van der Waals surface area contributed by atoms with Gasteiger partial charge in [-0.15, -0.1) is 0 Å². The fourth-order valence-electron chi connectivity index (χ4n) is 1.33. The first-order valence-corrected chi connectivity index (χ1v) is 4.97. The van der Waals surface area contributed by atoms with Gasteiger partial charge in [-0.05, 0) is 31.2 Å². The first kappa shape index (κ1) is 13.6. The molecule has 0 amide bonds. The number of phenols is 1. The van der Waals surface area contributed by atoms with Crippen molar-refractivity contribution in [3.63, 3.8) is 0 Å². The molecule has 0 aliphatic heterocycles. The van der Waals surface area contributed by atoms with E-state index >= 15 is 0 Å². The van der Waals surface area contributed by atoms with Crippen molar-refractivity contribution in [3.8, 4) is 5.75 Å². The van der Waals surface area contributed by atoms with E-state index in [0.717, 1.165) is 0 Å². The van der Waals surface area contributed by atoms with E-state index in [1.807, 2.05) is 0 Å². The number of hydrogen-bond donors (Lipinski definition) is 2. The summed E-state index contributed by atoms with van der Waals surface area (Å²) in [7, 11) is 0. The van der Waals surface area contributed by atoms with Crippen molar-refractivity contribution >= 4 is 5.69 Å². The molecule has 0 bridgehead atoms. The molecule has 1 aromatic rings. The number of hydrogen-bond acceptors (Lipinski definition) is 2. The number of halogens is 4. The van der Waals surface area contributed by atoms with E-state index in [0.29, 0.717) is 12.6 Å². The van der Waals surface area contributed by atoms with Crippen molar-refractivity contribution in [2.24, 2.45) is 0 Å². The zero-order valence-corrected chi connectivity index (χ0v) is 9.18. The first-order valence-electron chi connectivity index (χ1n) is 4.97. The summed E-state index contributed by atoms with van der Waals surface area (Å²) >= 11 is 0. The summed E-state index contributed by atoms with van der Waals surface area (Å²) in [6.45, 7) is -0.414. The molecule has 0 aromatic heterocycles. The molecule has 96 valence electrons. The Bertz CT molecular complexity index is 359. The third kappa shape index (κ3) is 5.42. The summed E-state index contributed by atoms with van der Waals surface area (Å²) in [5.41, 5.74) is 0.335. The highest BCUT2D eigenvalue weighted by atomic mass is 19.3. The lowest BCUT2D eigenvalue weighted by Crippen LogP contribution is -2.33. The largest absolute Gasteiger partial charge is 0.508 e. The molecule has 0 atom stereocenters. The molecule has 6 heteroatoms. The van der Waals surface area contributed by atoms with Crippen molar-refractivity contribution in [1.82, 2.24) is 0 Å². The van der Waals surface area contributed by atoms with Crippen LogP contribution in [0.25, 0.3) is 0 Å². The highest BCUT2D eigenvalue weighted by molar-refractivity contribution is 5.46. The van der Waals surface area contributed by atoms with Crippen LogP contribution in [0.3, 0.4) is 0 Å². The second-order valence-electron chi connectivity index (χ2n) is 4.00. The molecular formula is C11H13F4NO. The minimum atomic E-state index is -3.49. The summed E-state index contributed by atoms with van der Waals surface area (Å²) in [6, 6.07) is 5.40. The summed E-state index contributed by atoms with van der Waals surface area (Å²) in [5.74, 6) is -6.89. The Balaban J connectivity index is 2.52. The van der Waals surface area contributed by atoms with Crippen LogP contribution in [0, 0.1) is 0 Å². The topological polar surface area (TPSA) is 32.3 Å². The second-order valence-corrected chi connectivity index (χ2v) is 4.00. The number of benzene rings is 1. The fourth-order valence-corrected chi connectivity index (χ4v) is 1.33. The SMILES string of the molecule is CC(F)(F)CC(F)(F)CNc1ccc(O)cc1. The molecule has 2 N–H and O–H groups in total. The molecule has 0 radical (unpaired) electrons. The summed E-state index contributed by atoms with van der Waals surface area (Å²) < 4.78 is 51.1. The van der Waals surface area contributed by atoms with Gasteiger partial charge in [-0.3, -0.25) is 0 Å². The Morgan fingerprint density at radius 2 is 1.65 bits per heavy atom. The smallest absolute Gasteiger partial charge is 0.270 e. The molecule has 1 aromatic carbocycles. The molecule has 0 saturated heterocycles. The number of phenolic OH excluding ortho intramolecular Hbond substituents is 1. The molecule has 17 heavy (non-hydrogen) atoms. The highest BCUT2D eigenvalue weighted by Gasteiger charge is 2.39.